The van der Waals surface area contributed by atoms with E-state index in [0.29, 0.717) is 11.3 Å². The number of nitrogens with zero attached hydrogens (tertiary/aromatic N) is 2. The van der Waals surface area contributed by atoms with E-state index in [2.05, 4.69) is 4.72 Å². The van der Waals surface area contributed by atoms with Gasteiger partial charge in [-0.25, -0.2) is 13.2 Å². The summed E-state index contributed by atoms with van der Waals surface area (Å²) in [6.07, 6.45) is 0. The quantitative estimate of drug-likeness (QED) is 0.735. The normalized spacial score (nSPS) is 11.5. The molecule has 0 atom stereocenters. The van der Waals surface area contributed by atoms with Gasteiger partial charge < -0.3 is 4.74 Å². The lowest BCUT2D eigenvalue weighted by Crippen LogP contribution is -2.37. The lowest BCUT2D eigenvalue weighted by atomic mass is 10.2. The second-order valence-corrected chi connectivity index (χ2v) is 7.37. The van der Waals surface area contributed by atoms with E-state index < -0.39 is 21.3 Å². The number of sulfonamides is 1. The molecule has 26 heavy (non-hydrogen) atoms. The summed E-state index contributed by atoms with van der Waals surface area (Å²) in [6.45, 7) is 0. The smallest absolute Gasteiger partial charge is 0.330 e. The van der Waals surface area contributed by atoms with Gasteiger partial charge in [0.1, 0.15) is 5.75 Å². The summed E-state index contributed by atoms with van der Waals surface area (Å²) in [6, 6.07) is 10.6. The number of anilines is 1. The molecule has 2 aromatic carbocycles. The van der Waals surface area contributed by atoms with Crippen molar-refractivity contribution in [1.82, 2.24) is 9.13 Å². The van der Waals surface area contributed by atoms with Crippen LogP contribution in [0, 0.1) is 0 Å². The van der Waals surface area contributed by atoms with Crippen LogP contribution in [0.4, 0.5) is 5.69 Å². The van der Waals surface area contributed by atoms with E-state index in [9.17, 15) is 18.0 Å². The van der Waals surface area contributed by atoms with Gasteiger partial charge in [0, 0.05) is 14.1 Å². The van der Waals surface area contributed by atoms with Crippen molar-refractivity contribution in [3.63, 3.8) is 0 Å². The Labute approximate surface area is 149 Å². The molecule has 136 valence electrons. The molecule has 0 saturated carbocycles. The summed E-state index contributed by atoms with van der Waals surface area (Å²) in [4.78, 5) is 24.2. The number of methoxy groups -OCH3 is 1. The van der Waals surface area contributed by atoms with Crippen molar-refractivity contribution in [1.29, 1.82) is 0 Å². The van der Waals surface area contributed by atoms with Crippen LogP contribution in [0.25, 0.3) is 10.9 Å². The molecule has 0 unspecified atom stereocenters. The fourth-order valence-corrected chi connectivity index (χ4v) is 3.77. The van der Waals surface area contributed by atoms with Gasteiger partial charge in [0.25, 0.3) is 15.6 Å². The van der Waals surface area contributed by atoms with Gasteiger partial charge in [0.15, 0.2) is 0 Å². The number of fused-ring (bicyclic) bond motifs is 1. The maximum absolute atomic E-state index is 12.7. The lowest BCUT2D eigenvalue weighted by Gasteiger charge is -2.13. The van der Waals surface area contributed by atoms with Crippen molar-refractivity contribution >= 4 is 26.6 Å². The molecule has 8 nitrogen and oxygen atoms in total. The van der Waals surface area contributed by atoms with E-state index in [4.69, 9.17) is 4.74 Å². The number of ether oxygens (including phenoxy) is 1. The molecule has 9 heteroatoms. The summed E-state index contributed by atoms with van der Waals surface area (Å²) in [5, 5.41) is 0.137. The highest BCUT2D eigenvalue weighted by Gasteiger charge is 2.19. The van der Waals surface area contributed by atoms with Gasteiger partial charge in [-0.3, -0.25) is 18.7 Å². The molecule has 0 bridgehead atoms. The standard InChI is InChI=1S/C17H17N3O5S/c1-19-14-9-8-11(10-12(14)16(21)20(2)17(19)22)26(23,24)18-13-6-4-5-7-15(13)25-3/h4-10,18H,1-3H3. The molecule has 0 spiro atoms. The Morgan fingerprint density at radius 2 is 1.69 bits per heavy atom. The van der Waals surface area contributed by atoms with E-state index in [1.807, 2.05) is 0 Å². The molecule has 0 aliphatic heterocycles. The third-order valence-corrected chi connectivity index (χ3v) is 5.46. The van der Waals surface area contributed by atoms with Gasteiger partial charge in [0.2, 0.25) is 0 Å². The Bertz CT molecular complexity index is 1230. The zero-order valence-corrected chi connectivity index (χ0v) is 15.2. The summed E-state index contributed by atoms with van der Waals surface area (Å²) >= 11 is 0. The van der Waals surface area contributed by atoms with Gasteiger partial charge in [-0.1, -0.05) is 12.1 Å². The van der Waals surface area contributed by atoms with Crippen molar-refractivity contribution in [2.75, 3.05) is 11.8 Å². The Morgan fingerprint density at radius 3 is 2.38 bits per heavy atom. The van der Waals surface area contributed by atoms with E-state index in [-0.39, 0.29) is 16.0 Å². The molecule has 1 heterocycles. The average Bonchev–Trinajstić information content (AvgIpc) is 2.64. The molecule has 0 saturated heterocycles. The third kappa shape index (κ3) is 2.86. The van der Waals surface area contributed by atoms with Crippen LogP contribution in [0.3, 0.4) is 0 Å². The minimum atomic E-state index is -3.96. The molecule has 3 aromatic rings. The van der Waals surface area contributed by atoms with Crippen LogP contribution in [0.1, 0.15) is 0 Å². The Balaban J connectivity index is 2.16. The molecular formula is C17H17N3O5S. The van der Waals surface area contributed by atoms with Gasteiger partial charge in [-0.15, -0.1) is 0 Å². The fourth-order valence-electron chi connectivity index (χ4n) is 2.67. The van der Waals surface area contributed by atoms with Crippen molar-refractivity contribution < 1.29 is 13.2 Å². The second kappa shape index (κ2) is 6.34. The molecule has 0 aliphatic carbocycles. The molecule has 1 N–H and O–H groups in total. The van der Waals surface area contributed by atoms with E-state index in [0.717, 1.165) is 4.57 Å². The SMILES string of the molecule is COc1ccccc1NS(=O)(=O)c1ccc2c(c1)c(=O)n(C)c(=O)n2C. The van der Waals surface area contributed by atoms with Crippen LogP contribution in [0.2, 0.25) is 0 Å². The first kappa shape index (κ1) is 17.7. The van der Waals surface area contributed by atoms with Crippen molar-refractivity contribution in [3.8, 4) is 5.75 Å². The highest BCUT2D eigenvalue weighted by molar-refractivity contribution is 7.92. The van der Waals surface area contributed by atoms with Crippen LogP contribution in [0.15, 0.2) is 56.9 Å². The zero-order chi connectivity index (χ0) is 19.1. The van der Waals surface area contributed by atoms with Gasteiger partial charge >= 0.3 is 5.69 Å². The summed E-state index contributed by atoms with van der Waals surface area (Å²) in [5.41, 5.74) is -0.402. The zero-order valence-electron chi connectivity index (χ0n) is 14.4. The molecular weight excluding hydrogens is 358 g/mol. The monoisotopic (exact) mass is 375 g/mol. The Kier molecular flexibility index (Phi) is 4.33. The summed E-state index contributed by atoms with van der Waals surface area (Å²) in [7, 11) is 0.347. The van der Waals surface area contributed by atoms with Crippen LogP contribution in [-0.4, -0.2) is 24.7 Å². The topological polar surface area (TPSA) is 99.4 Å². The first-order valence-electron chi connectivity index (χ1n) is 7.62. The number of para-hydroxylation sites is 2. The molecule has 0 aliphatic rings. The summed E-state index contributed by atoms with van der Waals surface area (Å²) < 4.78 is 35.3. The first-order valence-corrected chi connectivity index (χ1v) is 9.10. The molecule has 0 radical (unpaired) electrons. The predicted octanol–water partition coefficient (Wildman–Crippen LogP) is 1.05. The van der Waals surface area contributed by atoms with Crippen LogP contribution in [0.5, 0.6) is 5.75 Å². The number of aromatic nitrogens is 2. The molecule has 1 aromatic heterocycles. The largest absolute Gasteiger partial charge is 0.495 e. The van der Waals surface area contributed by atoms with Crippen molar-refractivity contribution in [2.24, 2.45) is 14.1 Å². The maximum Gasteiger partial charge on any atom is 0.330 e. The third-order valence-electron chi connectivity index (χ3n) is 4.10. The highest BCUT2D eigenvalue weighted by atomic mass is 32.2. The first-order chi connectivity index (χ1) is 12.3. The van der Waals surface area contributed by atoms with Crippen LogP contribution >= 0.6 is 0 Å². The molecule has 0 fully saturated rings. The van der Waals surface area contributed by atoms with Crippen molar-refractivity contribution in [2.45, 2.75) is 4.90 Å². The molecule has 3 rings (SSSR count). The van der Waals surface area contributed by atoms with Crippen molar-refractivity contribution in [3.05, 3.63) is 63.3 Å². The fraction of sp³-hybridized carbons (Fsp3) is 0.176. The second-order valence-electron chi connectivity index (χ2n) is 5.69. The highest BCUT2D eigenvalue weighted by Crippen LogP contribution is 2.26. The lowest BCUT2D eigenvalue weighted by molar-refractivity contribution is 0.417. The van der Waals surface area contributed by atoms with Gasteiger partial charge in [0.05, 0.1) is 28.6 Å². The Morgan fingerprint density at radius 1 is 1.00 bits per heavy atom. The minimum absolute atomic E-state index is 0.0911. The number of nitrogens with one attached hydrogen (secondary N) is 1. The van der Waals surface area contributed by atoms with E-state index in [1.54, 1.807) is 24.3 Å². The number of hydrogen-bond acceptors (Lipinski definition) is 5. The Hall–Kier alpha value is -3.07. The maximum atomic E-state index is 12.7. The van der Waals surface area contributed by atoms with E-state index >= 15 is 0 Å². The van der Waals surface area contributed by atoms with E-state index in [1.165, 1.54) is 44.0 Å². The van der Waals surface area contributed by atoms with Gasteiger partial charge in [-0.05, 0) is 30.3 Å². The summed E-state index contributed by atoms with van der Waals surface area (Å²) in [5.74, 6) is 0.371. The van der Waals surface area contributed by atoms with Gasteiger partial charge in [-0.2, -0.15) is 0 Å². The minimum Gasteiger partial charge on any atom is -0.495 e. The van der Waals surface area contributed by atoms with Crippen LogP contribution < -0.4 is 20.7 Å². The predicted molar refractivity (Wildman–Crippen MR) is 98.2 cm³/mol. The number of hydrogen-bond donors (Lipinski definition) is 1. The molecule has 0 amide bonds. The van der Waals surface area contributed by atoms with Crippen LogP contribution in [-0.2, 0) is 24.1 Å². The number of benzene rings is 2. The average molecular weight is 375 g/mol. The number of rotatable bonds is 4. The number of aryl methyl sites for hydroxylation is 1.